The highest BCUT2D eigenvalue weighted by molar-refractivity contribution is 5.87. The Kier molecular flexibility index (Phi) is 33.6. The van der Waals surface area contributed by atoms with Crippen molar-refractivity contribution in [2.24, 2.45) is 5.92 Å². The molecule has 0 radical (unpaired) electrons. The van der Waals surface area contributed by atoms with E-state index in [-0.39, 0.29) is 69.5 Å². The van der Waals surface area contributed by atoms with Gasteiger partial charge in [-0.15, -0.1) is 40.8 Å². The monoisotopic (exact) mass is 1870 g/mol. The molecule has 9 N–H and O–H groups in total. The molecule has 0 bridgehead atoms. The number of hydrogen-bond donors (Lipinski definition) is 9. The van der Waals surface area contributed by atoms with Gasteiger partial charge in [0.15, 0.2) is 0 Å². The molecule has 2 saturated heterocycles. The lowest BCUT2D eigenvalue weighted by atomic mass is 9.92. The largest absolute Gasteiger partial charge is 0.507 e. The quantitative estimate of drug-likeness (QED) is 0.0254. The zero-order valence-corrected chi connectivity index (χ0v) is 77.0. The summed E-state index contributed by atoms with van der Waals surface area (Å²) in [7, 11) is 1.53. The summed E-state index contributed by atoms with van der Waals surface area (Å²) < 4.78 is 48.8. The van der Waals surface area contributed by atoms with Crippen LogP contribution in [0.4, 0.5) is 10.5 Å². The number of phenols is 6. The van der Waals surface area contributed by atoms with Gasteiger partial charge in [-0.25, -0.2) is 4.79 Å². The minimum Gasteiger partial charge on any atom is -0.507 e. The third-order valence-electron chi connectivity index (χ3n) is 21.6. The van der Waals surface area contributed by atoms with Crippen LogP contribution in [-0.2, 0) is 35.5 Å². The third kappa shape index (κ3) is 27.0. The van der Waals surface area contributed by atoms with Crippen molar-refractivity contribution in [3.8, 4) is 155 Å². The first-order chi connectivity index (χ1) is 67.0. The van der Waals surface area contributed by atoms with Crippen LogP contribution in [-0.4, -0.2) is 191 Å². The molecule has 138 heavy (non-hydrogen) atoms. The number of amides is 1. The van der Waals surface area contributed by atoms with Crippen molar-refractivity contribution in [2.75, 3.05) is 51.8 Å². The van der Waals surface area contributed by atoms with Crippen LogP contribution in [0.2, 0.25) is 0 Å². The van der Waals surface area contributed by atoms with E-state index in [1.807, 2.05) is 112 Å². The number of likely N-dealkylation sites (tertiary alicyclic amines) is 1. The van der Waals surface area contributed by atoms with Crippen LogP contribution in [0, 0.1) is 12.8 Å². The summed E-state index contributed by atoms with van der Waals surface area (Å²) >= 11 is 0. The fourth-order valence-electron chi connectivity index (χ4n) is 14.4. The Morgan fingerprint density at radius 3 is 1.48 bits per heavy atom. The van der Waals surface area contributed by atoms with Crippen molar-refractivity contribution < 1.29 is 81.5 Å². The summed E-state index contributed by atoms with van der Waals surface area (Å²) in [4.78, 5) is 41.2. The number of aromatic hydroxyl groups is 6. The van der Waals surface area contributed by atoms with E-state index in [2.05, 4.69) is 108 Å². The molecule has 37 heteroatoms. The van der Waals surface area contributed by atoms with Gasteiger partial charge in [-0.3, -0.25) is 35.1 Å². The number of carbonyl (C=O) groups is 1. The second-order valence-electron chi connectivity index (χ2n) is 32.9. The van der Waals surface area contributed by atoms with Gasteiger partial charge in [-0.2, -0.15) is 9.97 Å². The Morgan fingerprint density at radius 2 is 0.957 bits per heavy atom. The molecule has 12 heterocycles. The van der Waals surface area contributed by atoms with E-state index in [0.29, 0.717) is 92.9 Å². The highest BCUT2D eigenvalue weighted by atomic mass is 16.6. The van der Waals surface area contributed by atoms with E-state index in [1.54, 1.807) is 137 Å². The summed E-state index contributed by atoms with van der Waals surface area (Å²) in [5.74, 6) is 5.87. The number of anilines is 1. The molecule has 37 nitrogen and oxygen atoms in total. The highest BCUT2D eigenvalue weighted by Crippen LogP contribution is 2.40. The van der Waals surface area contributed by atoms with Crippen LogP contribution in [0.3, 0.4) is 0 Å². The van der Waals surface area contributed by atoms with Crippen LogP contribution in [0.15, 0.2) is 270 Å². The Labute approximate surface area is 793 Å². The molecule has 2 fully saturated rings. The lowest BCUT2D eigenvalue weighted by molar-refractivity contribution is 0.0342. The number of morpholine rings is 1. The number of carbonyl (C=O) groups excluding carboxylic acids is 1. The van der Waals surface area contributed by atoms with E-state index in [0.717, 1.165) is 109 Å². The molecule has 2 unspecified atom stereocenters. The first kappa shape index (κ1) is 97.7. The molecule has 2 aliphatic heterocycles. The number of pyridine rings is 4. The number of rotatable bonds is 24. The van der Waals surface area contributed by atoms with Gasteiger partial charge in [-0.1, -0.05) is 109 Å². The molecule has 0 saturated carbocycles. The molecule has 2 aliphatic rings. The van der Waals surface area contributed by atoms with Gasteiger partial charge in [0, 0.05) is 80.9 Å². The second-order valence-corrected chi connectivity index (χ2v) is 32.9. The van der Waals surface area contributed by atoms with Crippen LogP contribution in [0.5, 0.6) is 40.2 Å². The highest BCUT2D eigenvalue weighted by Gasteiger charge is 2.27. The number of phenolic OH excluding ortho intramolecular Hbond substituents is 6. The predicted molar refractivity (Wildman–Crippen MR) is 509 cm³/mol. The van der Waals surface area contributed by atoms with Crippen molar-refractivity contribution in [2.45, 2.75) is 118 Å². The second kappa shape index (κ2) is 47.5. The van der Waals surface area contributed by atoms with Crippen LogP contribution in [0.25, 0.3) is 114 Å². The van der Waals surface area contributed by atoms with Crippen LogP contribution in [0.1, 0.15) is 107 Å². The molecule has 2 atom stereocenters. The molecule has 7 aromatic carbocycles. The topological polar surface area (TPSA) is 502 Å². The number of aliphatic hydroxyl groups is 1. The zero-order valence-electron chi connectivity index (χ0n) is 77.0. The summed E-state index contributed by atoms with van der Waals surface area (Å²) in [5.41, 5.74) is 9.31. The van der Waals surface area contributed by atoms with Crippen molar-refractivity contribution in [3.05, 3.63) is 278 Å². The third-order valence-corrected chi connectivity index (χ3v) is 21.6. The number of aliphatic hydroxyl groups excluding tert-OH is 1. The number of nitrogens with one attached hydrogen (secondary N) is 2. The summed E-state index contributed by atoms with van der Waals surface area (Å²) in [6.45, 7) is 20.9. The van der Waals surface area contributed by atoms with Gasteiger partial charge in [0.25, 0.3) is 23.6 Å². The maximum absolute atomic E-state index is 11.9. The van der Waals surface area contributed by atoms with E-state index in [9.17, 15) is 40.5 Å². The average molecular weight is 1870 g/mol. The standard InChI is InChI=1S/C20H22N4O3.C19H19N3O5.C17H18N4O2.C16H22N4O.C15H12N2O4.C14H11N3O2/c1-2-15-10-14(13-24-6-8-26-9-7-24)11-17(18(15)25)20-23-22-19(27-20)16-4-3-5-21-12-16;1-19(2,3)26-18(25)20-11-8-9-15(24)13(10-11)17-21-16(22-27-17)12-6-4-5-7-14(12)23;1-12(16(22)13-6-3-2-4-7-13)19-11-15-20-21-17(23-15)14-8-5-9-18-10-14;1-2-4-13-6-9-20(10-7-13)12-15-18-19-16(21-15)14-5-3-8-17-11-14;1-20-9-6-7-13(19)11(8-9)15-16-14(17-21-15)10-4-2-3-5-12(10)18;1-9-4-5-12(18)11(7-9)14-17-16-13(19-14)10-3-2-6-15-8-10/h3-5,10-12,25H,2,6-9,13H2,1H3;4-10,23-24H,1-3H3,(H,20,25);2-10,12,16,19,22H,11H2,1H3;3,5,8,11,13H,2,4,6-7,9-10,12H2,1H3;2-8,18-19H,1H3;2-8,18H,1H3. The number of aryl methyl sites for hydroxylation is 2. The van der Waals surface area contributed by atoms with Crippen molar-refractivity contribution >= 4 is 11.8 Å². The Morgan fingerprint density at radius 1 is 0.486 bits per heavy atom. The van der Waals surface area contributed by atoms with Crippen LogP contribution < -0.4 is 15.4 Å². The fraction of sp³-hybridized carbons (Fsp3) is 0.257. The van der Waals surface area contributed by atoms with E-state index >= 15 is 0 Å². The first-order valence-electron chi connectivity index (χ1n) is 44.5. The fourth-order valence-corrected chi connectivity index (χ4v) is 14.4. The number of para-hydroxylation sites is 2. The van der Waals surface area contributed by atoms with Crippen molar-refractivity contribution in [1.29, 1.82) is 0 Å². The molecule has 0 spiro atoms. The number of ether oxygens (including phenoxy) is 3. The van der Waals surface area contributed by atoms with Gasteiger partial charge < -0.3 is 82.0 Å². The van der Waals surface area contributed by atoms with E-state index < -0.39 is 17.8 Å². The lowest BCUT2D eigenvalue weighted by Gasteiger charge is -2.30. The summed E-state index contributed by atoms with van der Waals surface area (Å²) in [6.07, 6.45) is 18.3. The number of piperidine rings is 1. The number of aromatic nitrogens is 16. The SMILES string of the molecule is CC(C)(C)OC(=O)Nc1ccc(O)c(-c2nc(-c3ccccc3O)no2)c1.CC(NCc1nnc(-c2cccnc2)o1)C(O)c1ccccc1.CCCC1CCN(Cc2nnc(-c3cccnc3)o2)CC1.CCc1cc(CN2CCOCC2)cc(-c2nnc(-c3cccnc3)o2)c1O.COc1ccc(O)c(-c2nc(-c3ccccc3O)no2)c1.Cc1ccc(O)c(-c2nnc(-c3cccnc3)o2)c1. The van der Waals surface area contributed by atoms with Gasteiger partial charge in [-0.05, 0) is 217 Å². The zero-order chi connectivity index (χ0) is 96.9. The summed E-state index contributed by atoms with van der Waals surface area (Å²) in [6, 6.07) is 55.7. The number of hydrogen-bond acceptors (Lipinski definition) is 36. The van der Waals surface area contributed by atoms with Crippen LogP contribution >= 0.6 is 0 Å². The molecule has 19 rings (SSSR count). The number of nitrogens with zero attached hydrogens (tertiary/aromatic N) is 18. The normalized spacial score (nSPS) is 13.1. The molecule has 10 aromatic heterocycles. The predicted octanol–water partition coefficient (Wildman–Crippen LogP) is 18.2. The molecule has 0 aliphatic carbocycles. The summed E-state index contributed by atoms with van der Waals surface area (Å²) in [5, 5.41) is 116. The Hall–Kier alpha value is -16.4. The first-order valence-corrected chi connectivity index (χ1v) is 44.5. The van der Waals surface area contributed by atoms with Gasteiger partial charge in [0.2, 0.25) is 47.0 Å². The molecule has 710 valence electrons. The maximum Gasteiger partial charge on any atom is 0.412 e. The maximum atomic E-state index is 11.9. The lowest BCUT2D eigenvalue weighted by Crippen LogP contribution is -2.35. The Bertz CT molecular complexity index is 6710. The van der Waals surface area contributed by atoms with Gasteiger partial charge >= 0.3 is 6.09 Å². The number of methoxy groups -OCH3 is 1. The molecule has 17 aromatic rings. The minimum atomic E-state index is -0.636. The molecular formula is C101H104N20O17. The van der Waals surface area contributed by atoms with Gasteiger partial charge in [0.05, 0.1) is 95.2 Å². The molecule has 1 amide bonds. The average Bonchev–Trinajstić information content (AvgIpc) is 1.56. The smallest absolute Gasteiger partial charge is 0.412 e. The van der Waals surface area contributed by atoms with E-state index in [4.69, 9.17) is 40.9 Å². The molecular weight excluding hydrogens is 1770 g/mol. The van der Waals surface area contributed by atoms with E-state index in [1.165, 1.54) is 69.2 Å². The van der Waals surface area contributed by atoms with Crippen molar-refractivity contribution in [3.63, 3.8) is 0 Å². The Balaban J connectivity index is 0.000000133. The number of benzene rings is 7. The van der Waals surface area contributed by atoms with Crippen molar-refractivity contribution in [1.82, 2.24) is 96.1 Å². The van der Waals surface area contributed by atoms with Gasteiger partial charge in [0.1, 0.15) is 45.8 Å². The minimum absolute atomic E-state index is 0.00304.